The summed E-state index contributed by atoms with van der Waals surface area (Å²) in [7, 11) is 0. The second-order valence-corrected chi connectivity index (χ2v) is 7.84. The zero-order valence-corrected chi connectivity index (χ0v) is 15.8. The molecule has 0 radical (unpaired) electrons. The van der Waals surface area contributed by atoms with E-state index in [0.29, 0.717) is 16.5 Å². The van der Waals surface area contributed by atoms with E-state index in [1.165, 1.54) is 15.3 Å². The number of aromatic nitrogens is 1. The molecule has 1 unspecified atom stereocenters. The van der Waals surface area contributed by atoms with Crippen LogP contribution in [0.15, 0.2) is 40.8 Å². The molecule has 3 heterocycles. The SMILES string of the molecule is Cc1cc(C(=O)Nc2nc3c(s2)C[NH+](Cc2ccccc2)CC3)c(C)o1. The van der Waals surface area contributed by atoms with Crippen LogP contribution >= 0.6 is 11.3 Å². The van der Waals surface area contributed by atoms with Gasteiger partial charge in [-0.25, -0.2) is 4.98 Å². The molecule has 1 aromatic carbocycles. The van der Waals surface area contributed by atoms with Gasteiger partial charge in [-0.05, 0) is 19.9 Å². The molecule has 0 fully saturated rings. The molecule has 2 N–H and O–H groups in total. The molecule has 0 aliphatic carbocycles. The van der Waals surface area contributed by atoms with E-state index in [-0.39, 0.29) is 5.91 Å². The van der Waals surface area contributed by atoms with Crippen LogP contribution in [-0.2, 0) is 19.5 Å². The molecule has 1 amide bonds. The van der Waals surface area contributed by atoms with Gasteiger partial charge in [0.05, 0.1) is 22.7 Å². The van der Waals surface area contributed by atoms with E-state index in [4.69, 9.17) is 4.42 Å². The second kappa shape index (κ2) is 7.05. The van der Waals surface area contributed by atoms with Crippen molar-refractivity contribution in [1.82, 2.24) is 4.98 Å². The number of anilines is 1. The van der Waals surface area contributed by atoms with Crippen LogP contribution < -0.4 is 10.2 Å². The number of furan rings is 1. The standard InChI is InChI=1S/C20H21N3O2S/c1-13-10-16(14(2)25-13)19(24)22-20-21-17-8-9-23(12-18(17)26-20)11-15-6-4-3-5-7-15/h3-7,10H,8-9,11-12H2,1-2H3,(H,21,22,24)/p+1. The van der Waals surface area contributed by atoms with E-state index in [0.717, 1.165) is 37.5 Å². The van der Waals surface area contributed by atoms with Crippen LogP contribution in [0.1, 0.15) is 38.0 Å². The first-order valence-electron chi connectivity index (χ1n) is 8.83. The predicted molar refractivity (Wildman–Crippen MR) is 102 cm³/mol. The summed E-state index contributed by atoms with van der Waals surface area (Å²) in [5.41, 5.74) is 3.06. The molecule has 0 saturated heterocycles. The van der Waals surface area contributed by atoms with Crippen LogP contribution in [0.5, 0.6) is 0 Å². The minimum Gasteiger partial charge on any atom is -0.466 e. The lowest BCUT2D eigenvalue weighted by atomic mass is 10.1. The highest BCUT2D eigenvalue weighted by molar-refractivity contribution is 7.15. The number of thiazole rings is 1. The molecule has 3 aromatic rings. The number of hydrogen-bond donors (Lipinski definition) is 2. The Morgan fingerprint density at radius 1 is 1.31 bits per heavy atom. The Morgan fingerprint density at radius 3 is 2.85 bits per heavy atom. The van der Waals surface area contributed by atoms with Gasteiger partial charge < -0.3 is 9.32 Å². The Bertz CT molecular complexity index is 930. The van der Waals surface area contributed by atoms with E-state index in [9.17, 15) is 4.79 Å². The lowest BCUT2D eigenvalue weighted by Gasteiger charge is -2.22. The Balaban J connectivity index is 1.44. The van der Waals surface area contributed by atoms with Gasteiger partial charge in [-0.15, -0.1) is 0 Å². The number of aryl methyl sites for hydroxylation is 2. The molecule has 1 aliphatic rings. The highest BCUT2D eigenvalue weighted by atomic mass is 32.1. The number of rotatable bonds is 4. The van der Waals surface area contributed by atoms with Crippen molar-refractivity contribution in [2.24, 2.45) is 0 Å². The summed E-state index contributed by atoms with van der Waals surface area (Å²) in [4.78, 5) is 19.9. The Kier molecular flexibility index (Phi) is 4.61. The third-order valence-electron chi connectivity index (χ3n) is 4.71. The average molecular weight is 368 g/mol. The first-order chi connectivity index (χ1) is 12.6. The Morgan fingerprint density at radius 2 is 2.12 bits per heavy atom. The van der Waals surface area contributed by atoms with Gasteiger partial charge >= 0.3 is 0 Å². The van der Waals surface area contributed by atoms with Crippen molar-refractivity contribution in [3.05, 3.63) is 69.6 Å². The quantitative estimate of drug-likeness (QED) is 0.744. The maximum atomic E-state index is 12.5. The predicted octanol–water partition coefficient (Wildman–Crippen LogP) is 2.75. The zero-order valence-electron chi connectivity index (χ0n) is 15.0. The second-order valence-electron chi connectivity index (χ2n) is 6.76. The van der Waals surface area contributed by atoms with Crippen molar-refractivity contribution in [1.29, 1.82) is 0 Å². The van der Waals surface area contributed by atoms with Crippen LogP contribution in [0.4, 0.5) is 5.13 Å². The molecule has 0 spiro atoms. The molecule has 1 aliphatic heterocycles. The highest BCUT2D eigenvalue weighted by Gasteiger charge is 2.25. The number of hydrogen-bond acceptors (Lipinski definition) is 4. The minimum atomic E-state index is -0.154. The summed E-state index contributed by atoms with van der Waals surface area (Å²) in [6.45, 7) is 6.70. The van der Waals surface area contributed by atoms with Crippen molar-refractivity contribution >= 4 is 22.4 Å². The number of amides is 1. The average Bonchev–Trinajstić information content (AvgIpc) is 3.17. The fourth-order valence-corrected chi connectivity index (χ4v) is 4.51. The molecule has 134 valence electrons. The monoisotopic (exact) mass is 368 g/mol. The summed E-state index contributed by atoms with van der Waals surface area (Å²) in [5.74, 6) is 1.23. The van der Waals surface area contributed by atoms with Crippen LogP contribution in [0, 0.1) is 13.8 Å². The highest BCUT2D eigenvalue weighted by Crippen LogP contribution is 2.25. The van der Waals surface area contributed by atoms with Crippen molar-refractivity contribution < 1.29 is 14.1 Å². The first-order valence-corrected chi connectivity index (χ1v) is 9.64. The smallest absolute Gasteiger partial charge is 0.260 e. The van der Waals surface area contributed by atoms with Crippen molar-refractivity contribution in [2.45, 2.75) is 33.4 Å². The van der Waals surface area contributed by atoms with Gasteiger partial charge in [-0.2, -0.15) is 0 Å². The molecular formula is C20H22N3O2S+. The summed E-state index contributed by atoms with van der Waals surface area (Å²) in [5, 5.41) is 3.61. The molecule has 2 aromatic heterocycles. The Labute approximate surface area is 156 Å². The number of benzene rings is 1. The van der Waals surface area contributed by atoms with Gasteiger partial charge in [0.15, 0.2) is 5.13 Å². The molecule has 4 rings (SSSR count). The molecule has 26 heavy (non-hydrogen) atoms. The van der Waals surface area contributed by atoms with Crippen molar-refractivity contribution in [2.75, 3.05) is 11.9 Å². The maximum absolute atomic E-state index is 12.5. The van der Waals surface area contributed by atoms with E-state index < -0.39 is 0 Å². The molecule has 0 saturated carbocycles. The van der Waals surface area contributed by atoms with Crippen LogP contribution in [-0.4, -0.2) is 17.4 Å². The lowest BCUT2D eigenvalue weighted by molar-refractivity contribution is -0.929. The molecule has 5 nitrogen and oxygen atoms in total. The largest absolute Gasteiger partial charge is 0.466 e. The minimum absolute atomic E-state index is 0.154. The number of nitrogens with zero attached hydrogens (tertiary/aromatic N) is 1. The summed E-state index contributed by atoms with van der Waals surface area (Å²) in [6.07, 6.45) is 0.952. The van der Waals surface area contributed by atoms with Gasteiger partial charge in [0.25, 0.3) is 5.91 Å². The fourth-order valence-electron chi connectivity index (χ4n) is 3.44. The zero-order chi connectivity index (χ0) is 18.1. The number of carbonyl (C=O) groups is 1. The molecule has 1 atom stereocenters. The van der Waals surface area contributed by atoms with Crippen LogP contribution in [0.25, 0.3) is 0 Å². The van der Waals surface area contributed by atoms with E-state index in [2.05, 4.69) is 40.6 Å². The van der Waals surface area contributed by atoms with E-state index in [1.54, 1.807) is 24.3 Å². The van der Waals surface area contributed by atoms with Gasteiger partial charge in [0, 0.05) is 12.0 Å². The summed E-state index contributed by atoms with van der Waals surface area (Å²) in [6, 6.07) is 12.3. The third kappa shape index (κ3) is 3.57. The van der Waals surface area contributed by atoms with E-state index >= 15 is 0 Å². The number of nitrogens with one attached hydrogen (secondary N) is 2. The van der Waals surface area contributed by atoms with E-state index in [1.807, 2.05) is 6.92 Å². The lowest BCUT2D eigenvalue weighted by Crippen LogP contribution is -3.10. The Hall–Kier alpha value is -2.44. The van der Waals surface area contributed by atoms with Gasteiger partial charge in [0.2, 0.25) is 0 Å². The maximum Gasteiger partial charge on any atom is 0.260 e. The fraction of sp³-hybridized carbons (Fsp3) is 0.300. The van der Waals surface area contributed by atoms with Gasteiger partial charge in [-0.3, -0.25) is 10.1 Å². The molecule has 0 bridgehead atoms. The normalized spacial score (nSPS) is 16.3. The van der Waals surface area contributed by atoms with Crippen LogP contribution in [0.3, 0.4) is 0 Å². The van der Waals surface area contributed by atoms with Gasteiger partial charge in [-0.1, -0.05) is 41.7 Å². The summed E-state index contributed by atoms with van der Waals surface area (Å²) >= 11 is 1.59. The first kappa shape index (κ1) is 17.0. The van der Waals surface area contributed by atoms with Crippen LogP contribution in [0.2, 0.25) is 0 Å². The van der Waals surface area contributed by atoms with Crippen molar-refractivity contribution in [3.63, 3.8) is 0 Å². The topological polar surface area (TPSA) is 59.6 Å². The molecule has 6 heteroatoms. The number of quaternary nitrogens is 1. The number of carbonyl (C=O) groups excluding carboxylic acids is 1. The number of fused-ring (bicyclic) bond motifs is 1. The van der Waals surface area contributed by atoms with Gasteiger partial charge in [0.1, 0.15) is 24.6 Å². The molecular weight excluding hydrogens is 346 g/mol. The van der Waals surface area contributed by atoms with Crippen molar-refractivity contribution in [3.8, 4) is 0 Å². The summed E-state index contributed by atoms with van der Waals surface area (Å²) < 4.78 is 5.44. The third-order valence-corrected chi connectivity index (χ3v) is 5.72.